The number of hydrazone groups is 1. The van der Waals surface area contributed by atoms with E-state index in [1.165, 1.54) is 6.21 Å². The van der Waals surface area contributed by atoms with Crippen molar-refractivity contribution in [3.63, 3.8) is 0 Å². The van der Waals surface area contributed by atoms with E-state index in [9.17, 15) is 4.79 Å². The number of nitrogens with one attached hydrogen (secondary N) is 1. The van der Waals surface area contributed by atoms with Gasteiger partial charge in [0, 0.05) is 11.1 Å². The van der Waals surface area contributed by atoms with Crippen LogP contribution in [0.2, 0.25) is 10.0 Å². The molecule has 0 aliphatic heterocycles. The lowest BCUT2D eigenvalue weighted by Gasteiger charge is -2.04. The van der Waals surface area contributed by atoms with E-state index in [1.807, 2.05) is 6.92 Å². The second-order valence-corrected chi connectivity index (χ2v) is 5.08. The molecule has 0 saturated heterocycles. The van der Waals surface area contributed by atoms with Crippen LogP contribution in [-0.4, -0.2) is 18.7 Å². The maximum atomic E-state index is 11.9. The average Bonchev–Trinajstić information content (AvgIpc) is 2.52. The lowest BCUT2D eigenvalue weighted by atomic mass is 10.2. The first-order valence-corrected chi connectivity index (χ1v) is 7.37. The minimum Gasteiger partial charge on any atom is -0.494 e. The molecule has 6 heteroatoms. The molecule has 2 aromatic carbocycles. The predicted molar refractivity (Wildman–Crippen MR) is 89.1 cm³/mol. The van der Waals surface area contributed by atoms with Crippen LogP contribution in [0.4, 0.5) is 0 Å². The quantitative estimate of drug-likeness (QED) is 0.658. The van der Waals surface area contributed by atoms with Gasteiger partial charge in [0.05, 0.1) is 22.9 Å². The summed E-state index contributed by atoms with van der Waals surface area (Å²) >= 11 is 11.9. The van der Waals surface area contributed by atoms with Gasteiger partial charge in [-0.2, -0.15) is 5.10 Å². The Morgan fingerprint density at radius 2 is 1.95 bits per heavy atom. The lowest BCUT2D eigenvalue weighted by Crippen LogP contribution is -2.17. The van der Waals surface area contributed by atoms with E-state index in [-0.39, 0.29) is 5.91 Å². The molecular weight excluding hydrogens is 323 g/mol. The standard InChI is InChI=1S/C16H14Cl2N2O2/c1-2-22-13-8-6-11(7-9-13)16(21)20-19-10-12-4-3-5-14(17)15(12)18/h3-10H,2H2,1H3,(H,20,21)/b19-10-. The van der Waals surface area contributed by atoms with E-state index in [0.29, 0.717) is 33.5 Å². The fourth-order valence-electron chi connectivity index (χ4n) is 1.71. The van der Waals surface area contributed by atoms with Gasteiger partial charge in [0.25, 0.3) is 5.91 Å². The van der Waals surface area contributed by atoms with Gasteiger partial charge in [-0.25, -0.2) is 5.43 Å². The molecule has 0 atom stereocenters. The molecule has 0 bridgehead atoms. The third-order valence-electron chi connectivity index (χ3n) is 2.78. The van der Waals surface area contributed by atoms with Crippen LogP contribution in [-0.2, 0) is 0 Å². The summed E-state index contributed by atoms with van der Waals surface area (Å²) in [6, 6.07) is 12.0. The van der Waals surface area contributed by atoms with Crippen molar-refractivity contribution in [2.24, 2.45) is 5.10 Å². The third-order valence-corrected chi connectivity index (χ3v) is 3.61. The fraction of sp³-hybridized carbons (Fsp3) is 0.125. The van der Waals surface area contributed by atoms with Gasteiger partial charge < -0.3 is 4.74 Å². The molecule has 2 rings (SSSR count). The number of carbonyl (C=O) groups is 1. The molecule has 0 aliphatic carbocycles. The van der Waals surface area contributed by atoms with Crippen LogP contribution in [0.15, 0.2) is 47.6 Å². The first kappa shape index (κ1) is 16.3. The van der Waals surface area contributed by atoms with Crippen molar-refractivity contribution >= 4 is 35.3 Å². The van der Waals surface area contributed by atoms with Crippen LogP contribution in [0.5, 0.6) is 5.75 Å². The van der Waals surface area contributed by atoms with Crippen LogP contribution in [0.25, 0.3) is 0 Å². The second-order valence-electron chi connectivity index (χ2n) is 4.30. The highest BCUT2D eigenvalue weighted by Gasteiger charge is 2.05. The van der Waals surface area contributed by atoms with Gasteiger partial charge in [-0.15, -0.1) is 0 Å². The molecule has 0 aromatic heterocycles. The summed E-state index contributed by atoms with van der Waals surface area (Å²) in [4.78, 5) is 11.9. The molecule has 0 fully saturated rings. The van der Waals surface area contributed by atoms with Gasteiger partial charge in [0.1, 0.15) is 5.75 Å². The Bertz CT molecular complexity index is 685. The molecule has 0 spiro atoms. The summed E-state index contributed by atoms with van der Waals surface area (Å²) in [5.41, 5.74) is 3.54. The number of hydrogen-bond donors (Lipinski definition) is 1. The minimum absolute atomic E-state index is 0.322. The van der Waals surface area contributed by atoms with Crippen molar-refractivity contribution in [3.05, 3.63) is 63.6 Å². The summed E-state index contributed by atoms with van der Waals surface area (Å²) in [5, 5.41) is 4.71. The van der Waals surface area contributed by atoms with Gasteiger partial charge in [0.2, 0.25) is 0 Å². The number of rotatable bonds is 5. The maximum Gasteiger partial charge on any atom is 0.271 e. The van der Waals surface area contributed by atoms with E-state index >= 15 is 0 Å². The van der Waals surface area contributed by atoms with E-state index in [0.717, 1.165) is 0 Å². The molecular formula is C16H14Cl2N2O2. The Labute approximate surface area is 138 Å². The van der Waals surface area contributed by atoms with Crippen LogP contribution >= 0.6 is 23.2 Å². The molecule has 2 aromatic rings. The van der Waals surface area contributed by atoms with Crippen molar-refractivity contribution in [2.75, 3.05) is 6.61 Å². The number of benzene rings is 2. The molecule has 0 unspecified atom stereocenters. The molecule has 22 heavy (non-hydrogen) atoms. The highest BCUT2D eigenvalue weighted by atomic mass is 35.5. The molecule has 0 radical (unpaired) electrons. The van der Waals surface area contributed by atoms with Gasteiger partial charge in [-0.3, -0.25) is 4.79 Å². The van der Waals surface area contributed by atoms with Crippen molar-refractivity contribution in [1.29, 1.82) is 0 Å². The molecule has 1 N–H and O–H groups in total. The van der Waals surface area contributed by atoms with E-state index in [1.54, 1.807) is 42.5 Å². The van der Waals surface area contributed by atoms with Crippen molar-refractivity contribution in [3.8, 4) is 5.75 Å². The first-order chi connectivity index (χ1) is 10.6. The number of amides is 1. The highest BCUT2D eigenvalue weighted by molar-refractivity contribution is 6.43. The molecule has 114 valence electrons. The third kappa shape index (κ3) is 4.23. The smallest absolute Gasteiger partial charge is 0.271 e. The van der Waals surface area contributed by atoms with Gasteiger partial charge in [-0.05, 0) is 37.3 Å². The van der Waals surface area contributed by atoms with Crippen LogP contribution < -0.4 is 10.2 Å². The predicted octanol–water partition coefficient (Wildman–Crippen LogP) is 4.16. The molecule has 0 aliphatic rings. The zero-order chi connectivity index (χ0) is 15.9. The normalized spacial score (nSPS) is 10.7. The van der Waals surface area contributed by atoms with E-state index in [4.69, 9.17) is 27.9 Å². The molecule has 0 heterocycles. The monoisotopic (exact) mass is 336 g/mol. The summed E-state index contributed by atoms with van der Waals surface area (Å²) in [6.45, 7) is 2.48. The van der Waals surface area contributed by atoms with Gasteiger partial charge >= 0.3 is 0 Å². The second kappa shape index (κ2) is 7.82. The molecule has 1 amide bonds. The Morgan fingerprint density at radius 1 is 1.23 bits per heavy atom. The highest BCUT2D eigenvalue weighted by Crippen LogP contribution is 2.24. The topological polar surface area (TPSA) is 50.7 Å². The lowest BCUT2D eigenvalue weighted by molar-refractivity contribution is 0.0955. The SMILES string of the molecule is CCOc1ccc(C(=O)N/N=C\c2cccc(Cl)c2Cl)cc1. The molecule has 0 saturated carbocycles. The zero-order valence-corrected chi connectivity index (χ0v) is 13.4. The van der Waals surface area contributed by atoms with Crippen molar-refractivity contribution in [1.82, 2.24) is 5.43 Å². The summed E-state index contributed by atoms with van der Waals surface area (Å²) in [6.07, 6.45) is 1.45. The number of ether oxygens (including phenoxy) is 1. The largest absolute Gasteiger partial charge is 0.494 e. The van der Waals surface area contributed by atoms with Crippen LogP contribution in [0, 0.1) is 0 Å². The Balaban J connectivity index is 2.00. The van der Waals surface area contributed by atoms with Crippen LogP contribution in [0.1, 0.15) is 22.8 Å². The number of halogens is 2. The average molecular weight is 337 g/mol. The van der Waals surface area contributed by atoms with E-state index < -0.39 is 0 Å². The first-order valence-electron chi connectivity index (χ1n) is 6.62. The number of nitrogens with zero attached hydrogens (tertiary/aromatic N) is 1. The number of carbonyl (C=O) groups excluding carboxylic acids is 1. The summed E-state index contributed by atoms with van der Waals surface area (Å²) in [5.74, 6) is 0.394. The van der Waals surface area contributed by atoms with E-state index in [2.05, 4.69) is 10.5 Å². The Morgan fingerprint density at radius 3 is 2.64 bits per heavy atom. The van der Waals surface area contributed by atoms with Crippen LogP contribution in [0.3, 0.4) is 0 Å². The van der Waals surface area contributed by atoms with Gasteiger partial charge in [-0.1, -0.05) is 35.3 Å². The minimum atomic E-state index is -0.322. The molecule has 4 nitrogen and oxygen atoms in total. The summed E-state index contributed by atoms with van der Waals surface area (Å²) in [7, 11) is 0. The van der Waals surface area contributed by atoms with Crippen molar-refractivity contribution in [2.45, 2.75) is 6.92 Å². The Hall–Kier alpha value is -2.04. The Kier molecular flexibility index (Phi) is 5.81. The maximum absolute atomic E-state index is 11.9. The number of hydrogen-bond acceptors (Lipinski definition) is 3. The van der Waals surface area contributed by atoms with Gasteiger partial charge in [0.15, 0.2) is 0 Å². The van der Waals surface area contributed by atoms with Crippen molar-refractivity contribution < 1.29 is 9.53 Å². The zero-order valence-electron chi connectivity index (χ0n) is 11.8. The summed E-state index contributed by atoms with van der Waals surface area (Å²) < 4.78 is 5.32. The fourth-order valence-corrected chi connectivity index (χ4v) is 2.07.